The van der Waals surface area contributed by atoms with E-state index in [0.29, 0.717) is 16.1 Å². The quantitative estimate of drug-likeness (QED) is 0.886. The molecule has 4 nitrogen and oxygen atoms in total. The second kappa shape index (κ2) is 4.79. The summed E-state index contributed by atoms with van der Waals surface area (Å²) in [5.41, 5.74) is -0.611. The van der Waals surface area contributed by atoms with E-state index in [4.69, 9.17) is 0 Å². The summed E-state index contributed by atoms with van der Waals surface area (Å²) in [5, 5.41) is 10.8. The monoisotopic (exact) mass is 301 g/mol. The van der Waals surface area contributed by atoms with E-state index in [9.17, 15) is 14.7 Å². The largest absolute Gasteiger partial charge is 0.375 e. The lowest BCUT2D eigenvalue weighted by Crippen LogP contribution is -2.40. The molecule has 1 aliphatic rings. The zero-order valence-electron chi connectivity index (χ0n) is 11.8. The maximum Gasteiger partial charge on any atom is 0.263 e. The molecule has 1 aromatic carbocycles. The molecule has 2 aromatic rings. The number of aliphatic hydroxyl groups is 1. The molecule has 3 rings (SSSR count). The third kappa shape index (κ3) is 2.09. The van der Waals surface area contributed by atoms with E-state index in [1.165, 1.54) is 16.2 Å². The Bertz CT molecular complexity index is 737. The van der Waals surface area contributed by atoms with Crippen LogP contribution in [0.5, 0.6) is 0 Å². The van der Waals surface area contributed by atoms with Crippen molar-refractivity contribution in [2.75, 3.05) is 11.9 Å². The first-order valence-corrected chi connectivity index (χ1v) is 7.45. The first kappa shape index (κ1) is 14.0. The second-order valence-electron chi connectivity index (χ2n) is 5.25. The van der Waals surface area contributed by atoms with Crippen molar-refractivity contribution in [2.24, 2.45) is 0 Å². The van der Waals surface area contributed by atoms with Gasteiger partial charge in [0, 0.05) is 17.5 Å². The number of rotatable bonds is 3. The number of nitrogens with zero attached hydrogens (tertiary/aromatic N) is 1. The Kier molecular flexibility index (Phi) is 3.19. The lowest BCUT2D eigenvalue weighted by molar-refractivity contribution is -0.135. The number of para-hydroxylation sites is 1. The van der Waals surface area contributed by atoms with Crippen molar-refractivity contribution in [2.45, 2.75) is 18.9 Å². The van der Waals surface area contributed by atoms with Gasteiger partial charge in [-0.1, -0.05) is 18.2 Å². The fraction of sp³-hybridized carbons (Fsp3) is 0.250. The van der Waals surface area contributed by atoms with Crippen molar-refractivity contribution in [1.29, 1.82) is 0 Å². The summed E-state index contributed by atoms with van der Waals surface area (Å²) in [6.45, 7) is 1.92. The number of carbonyl (C=O) groups is 2. The SMILES string of the molecule is Cc1ccc(C(=O)C[C@@]2(O)C(=O)N(C)c3ccccc32)s1. The number of likely N-dealkylation sites (N-methyl/N-ethyl adjacent to an activating group) is 1. The molecule has 1 aliphatic heterocycles. The lowest BCUT2D eigenvalue weighted by Gasteiger charge is -2.20. The molecule has 0 fully saturated rings. The van der Waals surface area contributed by atoms with Crippen LogP contribution in [-0.2, 0) is 10.4 Å². The highest BCUT2D eigenvalue weighted by molar-refractivity contribution is 7.14. The molecule has 108 valence electrons. The van der Waals surface area contributed by atoms with Gasteiger partial charge in [0.1, 0.15) is 0 Å². The minimum absolute atomic E-state index is 0.214. The molecule has 1 N–H and O–H groups in total. The van der Waals surface area contributed by atoms with Crippen LogP contribution in [0.3, 0.4) is 0 Å². The summed E-state index contributed by atoms with van der Waals surface area (Å²) in [7, 11) is 1.61. The van der Waals surface area contributed by atoms with Crippen LogP contribution in [0.4, 0.5) is 5.69 Å². The number of ketones is 1. The summed E-state index contributed by atoms with van der Waals surface area (Å²) in [4.78, 5) is 27.7. The molecule has 21 heavy (non-hydrogen) atoms. The maximum atomic E-state index is 12.4. The Morgan fingerprint density at radius 2 is 2.00 bits per heavy atom. The van der Waals surface area contributed by atoms with Crippen molar-refractivity contribution in [3.05, 3.63) is 51.7 Å². The number of carbonyl (C=O) groups excluding carboxylic acids is 2. The first-order valence-electron chi connectivity index (χ1n) is 6.63. The van der Waals surface area contributed by atoms with Crippen molar-refractivity contribution < 1.29 is 14.7 Å². The minimum Gasteiger partial charge on any atom is -0.375 e. The number of benzene rings is 1. The zero-order valence-corrected chi connectivity index (χ0v) is 12.6. The van der Waals surface area contributed by atoms with Crippen LogP contribution in [0.1, 0.15) is 26.5 Å². The van der Waals surface area contributed by atoms with Gasteiger partial charge >= 0.3 is 0 Å². The van der Waals surface area contributed by atoms with Gasteiger partial charge in [0.05, 0.1) is 17.0 Å². The number of thiophene rings is 1. The molecule has 0 aliphatic carbocycles. The molecule has 0 saturated carbocycles. The molecule has 0 unspecified atom stereocenters. The van der Waals surface area contributed by atoms with Gasteiger partial charge in [-0.3, -0.25) is 9.59 Å². The highest BCUT2D eigenvalue weighted by atomic mass is 32.1. The van der Waals surface area contributed by atoms with Crippen molar-refractivity contribution in [3.8, 4) is 0 Å². The predicted molar refractivity (Wildman–Crippen MR) is 81.8 cm³/mol. The minimum atomic E-state index is -1.76. The molecule has 1 amide bonds. The van der Waals surface area contributed by atoms with E-state index in [-0.39, 0.29) is 12.2 Å². The number of amides is 1. The average Bonchev–Trinajstić information content (AvgIpc) is 2.98. The van der Waals surface area contributed by atoms with E-state index in [1.807, 2.05) is 13.0 Å². The van der Waals surface area contributed by atoms with Gasteiger partial charge in [0.15, 0.2) is 11.4 Å². The van der Waals surface area contributed by atoms with Gasteiger partial charge in [-0.05, 0) is 25.1 Å². The van der Waals surface area contributed by atoms with Crippen LogP contribution in [0, 0.1) is 6.92 Å². The predicted octanol–water partition coefficient (Wildman–Crippen LogP) is 2.49. The second-order valence-corrected chi connectivity index (χ2v) is 6.54. The number of hydrogen-bond donors (Lipinski definition) is 1. The van der Waals surface area contributed by atoms with Crippen LogP contribution < -0.4 is 4.90 Å². The van der Waals surface area contributed by atoms with E-state index >= 15 is 0 Å². The van der Waals surface area contributed by atoms with Crippen molar-refractivity contribution >= 4 is 28.7 Å². The Labute approximate surface area is 126 Å². The number of hydrogen-bond acceptors (Lipinski definition) is 4. The fourth-order valence-corrected chi connectivity index (χ4v) is 3.50. The van der Waals surface area contributed by atoms with Crippen LogP contribution >= 0.6 is 11.3 Å². The molecule has 1 atom stereocenters. The first-order chi connectivity index (χ1) is 9.93. The molecule has 0 spiro atoms. The van der Waals surface area contributed by atoms with E-state index in [0.717, 1.165) is 4.88 Å². The van der Waals surface area contributed by atoms with Gasteiger partial charge in [-0.2, -0.15) is 0 Å². The van der Waals surface area contributed by atoms with Gasteiger partial charge in [-0.25, -0.2) is 0 Å². The molecular weight excluding hydrogens is 286 g/mol. The summed E-state index contributed by atoms with van der Waals surface area (Å²) in [6.07, 6.45) is -0.229. The van der Waals surface area contributed by atoms with E-state index < -0.39 is 11.5 Å². The number of Topliss-reactive ketones (excluding diaryl/α,β-unsaturated/α-hetero) is 1. The normalized spacial score (nSPS) is 20.7. The average molecular weight is 301 g/mol. The summed E-state index contributed by atoms with van der Waals surface area (Å²) >= 11 is 1.38. The summed E-state index contributed by atoms with van der Waals surface area (Å²) in [5.74, 6) is -0.667. The highest BCUT2D eigenvalue weighted by Gasteiger charge is 2.49. The Morgan fingerprint density at radius 3 is 2.67 bits per heavy atom. The van der Waals surface area contributed by atoms with Gasteiger partial charge < -0.3 is 10.0 Å². The van der Waals surface area contributed by atoms with Crippen molar-refractivity contribution in [1.82, 2.24) is 0 Å². The fourth-order valence-electron chi connectivity index (χ4n) is 2.69. The van der Waals surface area contributed by atoms with Gasteiger partial charge in [0.25, 0.3) is 5.91 Å². The molecular formula is C16H15NO3S. The highest BCUT2D eigenvalue weighted by Crippen LogP contribution is 2.42. The lowest BCUT2D eigenvalue weighted by atomic mass is 9.89. The molecule has 5 heteroatoms. The Morgan fingerprint density at radius 1 is 1.29 bits per heavy atom. The van der Waals surface area contributed by atoms with E-state index in [1.54, 1.807) is 37.4 Å². The van der Waals surface area contributed by atoms with Crippen LogP contribution in [0.15, 0.2) is 36.4 Å². The number of aryl methyl sites for hydroxylation is 1. The maximum absolute atomic E-state index is 12.4. The Hall–Kier alpha value is -1.98. The van der Waals surface area contributed by atoms with Crippen LogP contribution in [-0.4, -0.2) is 23.8 Å². The topological polar surface area (TPSA) is 57.6 Å². The van der Waals surface area contributed by atoms with Gasteiger partial charge in [-0.15, -0.1) is 11.3 Å². The molecule has 1 aromatic heterocycles. The molecule has 0 bridgehead atoms. The van der Waals surface area contributed by atoms with Crippen molar-refractivity contribution in [3.63, 3.8) is 0 Å². The standard InChI is InChI=1S/C16H15NO3S/c1-10-7-8-14(21-10)13(18)9-16(20)11-5-3-4-6-12(11)17(2)15(16)19/h3-8,20H,9H2,1-2H3/t16-/m0/s1. The third-order valence-corrected chi connectivity index (χ3v) is 4.84. The third-order valence-electron chi connectivity index (χ3n) is 3.80. The molecule has 2 heterocycles. The van der Waals surface area contributed by atoms with Crippen LogP contribution in [0.2, 0.25) is 0 Å². The van der Waals surface area contributed by atoms with Crippen LogP contribution in [0.25, 0.3) is 0 Å². The number of fused-ring (bicyclic) bond motifs is 1. The summed E-state index contributed by atoms with van der Waals surface area (Å²) in [6, 6.07) is 10.6. The molecule has 0 radical (unpaired) electrons. The number of anilines is 1. The van der Waals surface area contributed by atoms with Gasteiger partial charge in [0.2, 0.25) is 0 Å². The zero-order chi connectivity index (χ0) is 15.2. The summed E-state index contributed by atoms with van der Waals surface area (Å²) < 4.78 is 0. The smallest absolute Gasteiger partial charge is 0.263 e. The Balaban J connectivity index is 1.97. The molecule has 0 saturated heterocycles. The van der Waals surface area contributed by atoms with E-state index in [2.05, 4.69) is 0 Å².